The monoisotopic (exact) mass is 298 g/mol. The Morgan fingerprint density at radius 3 is 2.75 bits per heavy atom. The minimum absolute atomic E-state index is 0. The van der Waals surface area contributed by atoms with Gasteiger partial charge in [-0.3, -0.25) is 4.79 Å². The summed E-state index contributed by atoms with van der Waals surface area (Å²) in [5.74, 6) is 0.0754. The molecule has 1 aromatic rings. The lowest BCUT2D eigenvalue weighted by Crippen LogP contribution is -2.43. The molecule has 4 nitrogen and oxygen atoms in total. The molecule has 1 heterocycles. The fourth-order valence-corrected chi connectivity index (χ4v) is 2.73. The predicted octanol–water partition coefficient (Wildman–Crippen LogP) is 2.01. The van der Waals surface area contributed by atoms with E-state index in [1.165, 1.54) is 0 Å². The molecule has 5 heteroatoms. The summed E-state index contributed by atoms with van der Waals surface area (Å²) in [6, 6.07) is 9.98. The molecular weight excluding hydrogens is 276 g/mol. The van der Waals surface area contributed by atoms with Crippen molar-refractivity contribution in [1.29, 1.82) is 0 Å². The van der Waals surface area contributed by atoms with E-state index < -0.39 is 6.10 Å². The van der Waals surface area contributed by atoms with E-state index in [0.29, 0.717) is 6.04 Å². The summed E-state index contributed by atoms with van der Waals surface area (Å²) in [7, 11) is 3.52. The number of ether oxygens (including phenoxy) is 1. The fourth-order valence-electron chi connectivity index (χ4n) is 2.73. The van der Waals surface area contributed by atoms with Gasteiger partial charge in [0.05, 0.1) is 0 Å². The van der Waals surface area contributed by atoms with Crippen LogP contribution in [0.5, 0.6) is 0 Å². The Morgan fingerprint density at radius 2 is 2.15 bits per heavy atom. The quantitative estimate of drug-likeness (QED) is 0.904. The van der Waals surface area contributed by atoms with Crippen molar-refractivity contribution in [3.8, 4) is 0 Å². The van der Waals surface area contributed by atoms with Crippen molar-refractivity contribution in [3.05, 3.63) is 35.9 Å². The topological polar surface area (TPSA) is 41.6 Å². The number of nitrogens with one attached hydrogen (secondary N) is 1. The summed E-state index contributed by atoms with van der Waals surface area (Å²) >= 11 is 0. The van der Waals surface area contributed by atoms with Crippen LogP contribution >= 0.6 is 12.4 Å². The van der Waals surface area contributed by atoms with Crippen LogP contribution in [0.3, 0.4) is 0 Å². The third-order valence-electron chi connectivity index (χ3n) is 3.66. The molecule has 0 radical (unpaired) electrons. The van der Waals surface area contributed by atoms with Gasteiger partial charge in [-0.2, -0.15) is 0 Å². The highest BCUT2D eigenvalue weighted by Crippen LogP contribution is 2.25. The molecule has 1 aliphatic heterocycles. The highest BCUT2D eigenvalue weighted by Gasteiger charge is 2.33. The molecule has 1 fully saturated rings. The number of methoxy groups -OCH3 is 1. The normalized spacial score (nSPS) is 19.5. The highest BCUT2D eigenvalue weighted by atomic mass is 35.5. The molecular formula is C15H23ClN2O2. The van der Waals surface area contributed by atoms with Gasteiger partial charge in [-0.15, -0.1) is 12.4 Å². The summed E-state index contributed by atoms with van der Waals surface area (Å²) in [5.41, 5.74) is 0.921. The van der Waals surface area contributed by atoms with Gasteiger partial charge in [0.25, 0.3) is 5.91 Å². The number of hydrogen-bond donors (Lipinski definition) is 1. The van der Waals surface area contributed by atoms with Crippen LogP contribution in [0.1, 0.15) is 24.5 Å². The van der Waals surface area contributed by atoms with Crippen molar-refractivity contribution < 1.29 is 9.53 Å². The SMILES string of the molecule is CNCC1CCCN1C(=O)C(OC)c1ccccc1.Cl. The molecule has 112 valence electrons. The van der Waals surface area contributed by atoms with Crippen LogP contribution in [-0.2, 0) is 9.53 Å². The summed E-state index contributed by atoms with van der Waals surface area (Å²) in [6.07, 6.45) is 1.65. The number of rotatable bonds is 5. The Morgan fingerprint density at radius 1 is 1.45 bits per heavy atom. The fraction of sp³-hybridized carbons (Fsp3) is 0.533. The lowest BCUT2D eigenvalue weighted by atomic mass is 10.1. The van der Waals surface area contributed by atoms with Gasteiger partial charge in [-0.05, 0) is 25.5 Å². The average Bonchev–Trinajstić information content (AvgIpc) is 2.89. The molecule has 0 aromatic heterocycles. The van der Waals surface area contributed by atoms with Crippen molar-refractivity contribution >= 4 is 18.3 Å². The van der Waals surface area contributed by atoms with Crippen LogP contribution in [0, 0.1) is 0 Å². The molecule has 2 unspecified atom stereocenters. The molecule has 2 rings (SSSR count). The molecule has 0 saturated carbocycles. The summed E-state index contributed by atoms with van der Waals surface area (Å²) in [4.78, 5) is 14.6. The first-order valence-electron chi connectivity index (χ1n) is 6.80. The number of amides is 1. The van der Waals surface area contributed by atoms with Gasteiger partial charge < -0.3 is 15.0 Å². The molecule has 0 bridgehead atoms. The summed E-state index contributed by atoms with van der Waals surface area (Å²) in [6.45, 7) is 1.68. The summed E-state index contributed by atoms with van der Waals surface area (Å²) < 4.78 is 5.43. The number of halogens is 1. The molecule has 2 atom stereocenters. The zero-order chi connectivity index (χ0) is 13.7. The van der Waals surface area contributed by atoms with Crippen molar-refractivity contribution in [3.63, 3.8) is 0 Å². The summed E-state index contributed by atoms with van der Waals surface area (Å²) in [5, 5.41) is 3.16. The standard InChI is InChI=1S/C15H22N2O2.ClH/c1-16-11-13-9-6-10-17(13)15(18)14(19-2)12-7-4-3-5-8-12;/h3-5,7-8,13-14,16H,6,9-11H2,1-2H3;1H. The van der Waals surface area contributed by atoms with E-state index in [2.05, 4.69) is 5.32 Å². The van der Waals surface area contributed by atoms with E-state index in [0.717, 1.165) is 31.5 Å². The number of hydrogen-bond acceptors (Lipinski definition) is 3. The van der Waals surface area contributed by atoms with E-state index in [-0.39, 0.29) is 18.3 Å². The van der Waals surface area contributed by atoms with Gasteiger partial charge in [0, 0.05) is 26.2 Å². The van der Waals surface area contributed by atoms with Gasteiger partial charge in [0.1, 0.15) is 0 Å². The van der Waals surface area contributed by atoms with Crippen LogP contribution in [0.25, 0.3) is 0 Å². The van der Waals surface area contributed by atoms with Crippen molar-refractivity contribution in [1.82, 2.24) is 10.2 Å². The zero-order valence-electron chi connectivity index (χ0n) is 12.0. The van der Waals surface area contributed by atoms with Gasteiger partial charge >= 0.3 is 0 Å². The molecule has 0 spiro atoms. The number of benzene rings is 1. The number of likely N-dealkylation sites (N-methyl/N-ethyl adjacent to an activating group) is 1. The van der Waals surface area contributed by atoms with Crippen LogP contribution < -0.4 is 5.32 Å². The van der Waals surface area contributed by atoms with Crippen LogP contribution in [-0.4, -0.2) is 44.1 Å². The van der Waals surface area contributed by atoms with Crippen LogP contribution in [0.2, 0.25) is 0 Å². The minimum Gasteiger partial charge on any atom is -0.367 e. The molecule has 1 N–H and O–H groups in total. The predicted molar refractivity (Wildman–Crippen MR) is 82.1 cm³/mol. The molecule has 1 aromatic carbocycles. The van der Waals surface area contributed by atoms with Gasteiger partial charge in [-0.25, -0.2) is 0 Å². The van der Waals surface area contributed by atoms with Gasteiger partial charge in [0.2, 0.25) is 0 Å². The smallest absolute Gasteiger partial charge is 0.256 e. The van der Waals surface area contributed by atoms with Crippen molar-refractivity contribution in [2.75, 3.05) is 27.2 Å². The van der Waals surface area contributed by atoms with Crippen LogP contribution in [0.15, 0.2) is 30.3 Å². The minimum atomic E-state index is -0.487. The second kappa shape index (κ2) is 8.25. The second-order valence-corrected chi connectivity index (χ2v) is 4.91. The van der Waals surface area contributed by atoms with Crippen molar-refractivity contribution in [2.45, 2.75) is 25.0 Å². The van der Waals surface area contributed by atoms with Crippen molar-refractivity contribution in [2.24, 2.45) is 0 Å². The third kappa shape index (κ3) is 3.72. The van der Waals surface area contributed by atoms with E-state index in [1.807, 2.05) is 42.3 Å². The molecule has 0 aliphatic carbocycles. The van der Waals surface area contributed by atoms with E-state index >= 15 is 0 Å². The number of likely N-dealkylation sites (tertiary alicyclic amines) is 1. The van der Waals surface area contributed by atoms with E-state index in [9.17, 15) is 4.79 Å². The Bertz CT molecular complexity index is 414. The molecule has 1 amide bonds. The van der Waals surface area contributed by atoms with Crippen LogP contribution in [0.4, 0.5) is 0 Å². The number of carbonyl (C=O) groups excluding carboxylic acids is 1. The van der Waals surface area contributed by atoms with E-state index in [1.54, 1.807) is 7.11 Å². The first kappa shape index (κ1) is 17.0. The lowest BCUT2D eigenvalue weighted by Gasteiger charge is -2.28. The molecule has 1 aliphatic rings. The zero-order valence-corrected chi connectivity index (χ0v) is 12.9. The van der Waals surface area contributed by atoms with Gasteiger partial charge in [-0.1, -0.05) is 30.3 Å². The highest BCUT2D eigenvalue weighted by molar-refractivity contribution is 5.85. The van der Waals surface area contributed by atoms with Gasteiger partial charge in [0.15, 0.2) is 6.10 Å². The third-order valence-corrected chi connectivity index (χ3v) is 3.66. The molecule has 20 heavy (non-hydrogen) atoms. The lowest BCUT2D eigenvalue weighted by molar-refractivity contribution is -0.143. The maximum Gasteiger partial charge on any atom is 0.256 e. The Hall–Kier alpha value is -1.10. The Balaban J connectivity index is 0.00000200. The molecule has 1 saturated heterocycles. The number of carbonyl (C=O) groups is 1. The Labute approximate surface area is 126 Å². The van der Waals surface area contributed by atoms with E-state index in [4.69, 9.17) is 4.74 Å². The maximum absolute atomic E-state index is 12.6. The first-order chi connectivity index (χ1) is 9.27. The second-order valence-electron chi connectivity index (χ2n) is 4.91. The maximum atomic E-state index is 12.6. The Kier molecular flexibility index (Phi) is 6.99. The average molecular weight is 299 g/mol. The number of nitrogens with zero attached hydrogens (tertiary/aromatic N) is 1. The largest absolute Gasteiger partial charge is 0.367 e. The first-order valence-corrected chi connectivity index (χ1v) is 6.80.